The van der Waals surface area contributed by atoms with E-state index in [2.05, 4.69) is 5.32 Å². The average molecular weight is 421 g/mol. The Hall–Kier alpha value is -1.60. The van der Waals surface area contributed by atoms with Crippen molar-refractivity contribution in [2.45, 2.75) is 68.4 Å². The zero-order valence-electron chi connectivity index (χ0n) is 16.6. The van der Waals surface area contributed by atoms with Gasteiger partial charge in [-0.15, -0.1) is 11.8 Å². The lowest BCUT2D eigenvalue weighted by molar-refractivity contribution is -0.138. The third-order valence-electron chi connectivity index (χ3n) is 6.17. The molecule has 3 fully saturated rings. The molecule has 1 N–H and O–H groups in total. The molecule has 7 heteroatoms. The van der Waals surface area contributed by atoms with Crippen molar-refractivity contribution in [2.24, 2.45) is 0 Å². The molecule has 2 heterocycles. The number of halogens is 1. The van der Waals surface area contributed by atoms with Gasteiger partial charge in [-0.2, -0.15) is 0 Å². The van der Waals surface area contributed by atoms with Crippen LogP contribution >= 0.6 is 11.8 Å². The van der Waals surface area contributed by atoms with E-state index in [9.17, 15) is 14.0 Å². The van der Waals surface area contributed by atoms with E-state index >= 15 is 0 Å². The Kier molecular flexibility index (Phi) is 6.75. The van der Waals surface area contributed by atoms with E-state index in [1.54, 1.807) is 18.2 Å². The average Bonchev–Trinajstić information content (AvgIpc) is 3.24. The van der Waals surface area contributed by atoms with Crippen molar-refractivity contribution in [3.05, 3.63) is 35.6 Å². The van der Waals surface area contributed by atoms with Crippen molar-refractivity contribution >= 4 is 23.6 Å². The molecule has 0 spiro atoms. The molecule has 1 aliphatic carbocycles. The number of carbonyl (C=O) groups excluding carboxylic acids is 2. The molecule has 2 saturated heterocycles. The summed E-state index contributed by atoms with van der Waals surface area (Å²) in [5.41, 5.74) is 0.536. The van der Waals surface area contributed by atoms with Gasteiger partial charge in [0.1, 0.15) is 11.9 Å². The maximum Gasteiger partial charge on any atom is 0.246 e. The van der Waals surface area contributed by atoms with Crippen LogP contribution in [0.15, 0.2) is 24.3 Å². The molecule has 3 aliphatic rings. The van der Waals surface area contributed by atoms with E-state index in [4.69, 9.17) is 4.74 Å². The highest BCUT2D eigenvalue weighted by atomic mass is 32.2. The third kappa shape index (κ3) is 5.12. The molecule has 5 nitrogen and oxygen atoms in total. The van der Waals surface area contributed by atoms with Gasteiger partial charge in [0.05, 0.1) is 17.5 Å². The molecule has 158 valence electrons. The van der Waals surface area contributed by atoms with Gasteiger partial charge in [0.2, 0.25) is 11.8 Å². The predicted octanol–water partition coefficient (Wildman–Crippen LogP) is 2.92. The van der Waals surface area contributed by atoms with Crippen molar-refractivity contribution in [3.8, 4) is 0 Å². The molecule has 1 aromatic rings. The van der Waals surface area contributed by atoms with Gasteiger partial charge in [-0.25, -0.2) is 4.39 Å². The molecule has 0 radical (unpaired) electrons. The molecule has 2 atom stereocenters. The van der Waals surface area contributed by atoms with Gasteiger partial charge in [0.15, 0.2) is 0 Å². The smallest absolute Gasteiger partial charge is 0.246 e. The van der Waals surface area contributed by atoms with Crippen LogP contribution in [0.25, 0.3) is 0 Å². The highest BCUT2D eigenvalue weighted by molar-refractivity contribution is 8.00. The minimum Gasteiger partial charge on any atom is -0.375 e. The maximum atomic E-state index is 13.9. The van der Waals surface area contributed by atoms with Crippen LogP contribution in [-0.4, -0.2) is 59.1 Å². The van der Waals surface area contributed by atoms with E-state index in [0.717, 1.165) is 12.8 Å². The number of rotatable bonds is 5. The molecule has 29 heavy (non-hydrogen) atoms. The van der Waals surface area contributed by atoms with Gasteiger partial charge in [-0.1, -0.05) is 31.0 Å². The zero-order valence-corrected chi connectivity index (χ0v) is 17.5. The first-order valence-corrected chi connectivity index (χ1v) is 11.7. The Morgan fingerprint density at radius 2 is 1.83 bits per heavy atom. The summed E-state index contributed by atoms with van der Waals surface area (Å²) in [5, 5.41) is 2.51. The second-order valence-corrected chi connectivity index (χ2v) is 9.48. The normalized spacial score (nSPS) is 26.5. The number of piperidine rings is 1. The van der Waals surface area contributed by atoms with Crippen LogP contribution in [0.4, 0.5) is 4.39 Å². The highest BCUT2D eigenvalue weighted by Gasteiger charge is 2.36. The SMILES string of the molecule is O=C1NC(C(=O)N2CCC(OC3CCCC3)CC2)CSC1Cc1ccccc1F. The largest absolute Gasteiger partial charge is 0.375 e. The molecule has 1 aromatic carbocycles. The number of carbonyl (C=O) groups is 2. The fourth-order valence-corrected chi connectivity index (χ4v) is 5.64. The van der Waals surface area contributed by atoms with Gasteiger partial charge < -0.3 is 15.0 Å². The fourth-order valence-electron chi connectivity index (χ4n) is 4.47. The lowest BCUT2D eigenvalue weighted by Crippen LogP contribution is -2.56. The first-order chi connectivity index (χ1) is 14.1. The Balaban J connectivity index is 1.24. The van der Waals surface area contributed by atoms with Crippen LogP contribution in [0.5, 0.6) is 0 Å². The monoisotopic (exact) mass is 420 g/mol. The Morgan fingerprint density at radius 1 is 1.14 bits per heavy atom. The van der Waals surface area contributed by atoms with E-state index in [1.807, 2.05) is 4.90 Å². The summed E-state index contributed by atoms with van der Waals surface area (Å²) in [6.07, 6.45) is 7.59. The van der Waals surface area contributed by atoms with Crippen molar-refractivity contribution in [1.29, 1.82) is 0 Å². The van der Waals surface area contributed by atoms with Crippen molar-refractivity contribution in [1.82, 2.24) is 10.2 Å². The van der Waals surface area contributed by atoms with E-state index in [1.165, 1.54) is 43.5 Å². The molecule has 2 unspecified atom stereocenters. The summed E-state index contributed by atoms with van der Waals surface area (Å²) in [6.45, 7) is 1.37. The van der Waals surface area contributed by atoms with Crippen molar-refractivity contribution in [2.75, 3.05) is 18.8 Å². The van der Waals surface area contributed by atoms with Crippen LogP contribution in [0, 0.1) is 5.82 Å². The number of nitrogens with zero attached hydrogens (tertiary/aromatic N) is 1. The summed E-state index contributed by atoms with van der Waals surface area (Å²) < 4.78 is 20.0. The summed E-state index contributed by atoms with van der Waals surface area (Å²) in [4.78, 5) is 27.2. The van der Waals surface area contributed by atoms with Gasteiger partial charge in [0, 0.05) is 18.8 Å². The summed E-state index contributed by atoms with van der Waals surface area (Å²) >= 11 is 1.45. The van der Waals surface area contributed by atoms with Crippen LogP contribution in [0.1, 0.15) is 44.1 Å². The van der Waals surface area contributed by atoms with Crippen molar-refractivity contribution in [3.63, 3.8) is 0 Å². The third-order valence-corrected chi connectivity index (χ3v) is 7.48. The standard InChI is InChI=1S/C22H29FN2O3S/c23-18-8-4-1-5-15(18)13-20-21(26)24-19(14-29-20)22(27)25-11-9-17(10-12-25)28-16-6-2-3-7-16/h1,4-5,8,16-17,19-20H,2-3,6-7,9-14H2,(H,24,26). The van der Waals surface area contributed by atoms with Gasteiger partial charge in [-0.05, 0) is 43.7 Å². The highest BCUT2D eigenvalue weighted by Crippen LogP contribution is 2.27. The summed E-state index contributed by atoms with van der Waals surface area (Å²) in [6, 6.07) is 6.04. The maximum absolute atomic E-state index is 13.9. The number of ether oxygens (including phenoxy) is 1. The second-order valence-electron chi connectivity index (χ2n) is 8.25. The Morgan fingerprint density at radius 3 is 2.52 bits per heavy atom. The second kappa shape index (κ2) is 9.47. The van der Waals surface area contributed by atoms with Crippen LogP contribution in [0.2, 0.25) is 0 Å². The topological polar surface area (TPSA) is 58.6 Å². The van der Waals surface area contributed by atoms with Gasteiger partial charge >= 0.3 is 0 Å². The van der Waals surface area contributed by atoms with Crippen LogP contribution in [-0.2, 0) is 20.7 Å². The fraction of sp³-hybridized carbons (Fsp3) is 0.636. The molecule has 4 rings (SSSR count). The van der Waals surface area contributed by atoms with E-state index in [0.29, 0.717) is 36.9 Å². The first-order valence-electron chi connectivity index (χ1n) is 10.7. The number of amides is 2. The van der Waals surface area contributed by atoms with Gasteiger partial charge in [0.25, 0.3) is 0 Å². The van der Waals surface area contributed by atoms with E-state index < -0.39 is 6.04 Å². The van der Waals surface area contributed by atoms with Crippen LogP contribution < -0.4 is 5.32 Å². The number of nitrogens with one attached hydrogen (secondary N) is 1. The number of hydrogen-bond acceptors (Lipinski definition) is 4. The number of thioether (sulfide) groups is 1. The minimum absolute atomic E-state index is 0.00509. The number of benzene rings is 1. The first kappa shape index (κ1) is 20.7. The van der Waals surface area contributed by atoms with Gasteiger partial charge in [-0.3, -0.25) is 9.59 Å². The summed E-state index contributed by atoms with van der Waals surface area (Å²) in [5.74, 6) is 0.0564. The molecule has 0 aromatic heterocycles. The molecular formula is C22H29FN2O3S. The lowest BCUT2D eigenvalue weighted by Gasteiger charge is -2.37. The molecular weight excluding hydrogens is 391 g/mol. The molecule has 2 amide bonds. The van der Waals surface area contributed by atoms with Crippen molar-refractivity contribution < 1.29 is 18.7 Å². The summed E-state index contributed by atoms with van der Waals surface area (Å²) in [7, 11) is 0. The quantitative estimate of drug-likeness (QED) is 0.796. The molecule has 2 aliphatic heterocycles. The Labute approximate surface area is 175 Å². The minimum atomic E-state index is -0.489. The predicted molar refractivity (Wildman–Crippen MR) is 111 cm³/mol. The molecule has 0 bridgehead atoms. The van der Waals surface area contributed by atoms with E-state index in [-0.39, 0.29) is 29.0 Å². The molecule has 1 saturated carbocycles. The number of hydrogen-bond donors (Lipinski definition) is 1. The van der Waals surface area contributed by atoms with Crippen LogP contribution in [0.3, 0.4) is 0 Å². The Bertz CT molecular complexity index is 733. The number of likely N-dealkylation sites (tertiary alicyclic amines) is 1. The lowest BCUT2D eigenvalue weighted by atomic mass is 10.1. The zero-order chi connectivity index (χ0) is 20.2.